The highest BCUT2D eigenvalue weighted by Gasteiger charge is 2.21. The van der Waals surface area contributed by atoms with Gasteiger partial charge >= 0.3 is 0 Å². The van der Waals surface area contributed by atoms with Gasteiger partial charge in [-0.1, -0.05) is 11.6 Å². The van der Waals surface area contributed by atoms with Crippen molar-refractivity contribution < 1.29 is 4.74 Å². The topological polar surface area (TPSA) is 38.5 Å². The van der Waals surface area contributed by atoms with E-state index in [1.807, 2.05) is 14.1 Å². The second-order valence-electron chi connectivity index (χ2n) is 4.68. The molecular weight excluding hydrogens is 224 g/mol. The van der Waals surface area contributed by atoms with E-state index >= 15 is 0 Å². The molecular formula is C12H19ClN2O. The quantitative estimate of drug-likeness (QED) is 0.825. The lowest BCUT2D eigenvalue weighted by Gasteiger charge is -2.32. The number of nitrogens with two attached hydrogens (primary N) is 1. The molecule has 0 amide bonds. The van der Waals surface area contributed by atoms with Gasteiger partial charge in [0.1, 0.15) is 12.4 Å². The second kappa shape index (κ2) is 4.93. The van der Waals surface area contributed by atoms with Crippen LogP contribution in [0, 0.1) is 0 Å². The standard InChI is InChI=1S/C12H19ClN2O/c1-12(2,15(3)4)8-16-11-7-9(13)5-6-10(11)14/h5-7H,8,14H2,1-4H3. The fourth-order valence-electron chi connectivity index (χ4n) is 1.02. The largest absolute Gasteiger partial charge is 0.489 e. The van der Waals surface area contributed by atoms with E-state index in [0.717, 1.165) is 0 Å². The molecule has 0 saturated carbocycles. The number of hydrogen-bond donors (Lipinski definition) is 1. The fourth-order valence-corrected chi connectivity index (χ4v) is 1.18. The molecule has 0 aliphatic rings. The Morgan fingerprint density at radius 3 is 2.56 bits per heavy atom. The van der Waals surface area contributed by atoms with Crippen molar-refractivity contribution >= 4 is 17.3 Å². The molecule has 0 saturated heterocycles. The molecule has 0 radical (unpaired) electrons. The summed E-state index contributed by atoms with van der Waals surface area (Å²) in [6, 6.07) is 5.24. The molecule has 1 aromatic rings. The highest BCUT2D eigenvalue weighted by molar-refractivity contribution is 6.30. The van der Waals surface area contributed by atoms with Crippen LogP contribution in [0.25, 0.3) is 0 Å². The van der Waals surface area contributed by atoms with Crippen molar-refractivity contribution in [1.82, 2.24) is 4.90 Å². The highest BCUT2D eigenvalue weighted by atomic mass is 35.5. The zero-order valence-electron chi connectivity index (χ0n) is 10.2. The van der Waals surface area contributed by atoms with Crippen LogP contribution in [0.15, 0.2) is 18.2 Å². The lowest BCUT2D eigenvalue weighted by Crippen LogP contribution is -2.43. The summed E-state index contributed by atoms with van der Waals surface area (Å²) < 4.78 is 5.69. The molecule has 0 aliphatic heterocycles. The van der Waals surface area contributed by atoms with Gasteiger partial charge in [0.15, 0.2) is 0 Å². The number of likely N-dealkylation sites (N-methyl/N-ethyl adjacent to an activating group) is 1. The van der Waals surface area contributed by atoms with Gasteiger partial charge in [-0.05, 0) is 40.1 Å². The van der Waals surface area contributed by atoms with Gasteiger partial charge in [0, 0.05) is 16.6 Å². The molecule has 0 aromatic heterocycles. The number of anilines is 1. The summed E-state index contributed by atoms with van der Waals surface area (Å²) >= 11 is 5.88. The van der Waals surface area contributed by atoms with Crippen LogP contribution in [0.4, 0.5) is 5.69 Å². The van der Waals surface area contributed by atoms with Crippen molar-refractivity contribution in [2.24, 2.45) is 0 Å². The molecule has 0 atom stereocenters. The van der Waals surface area contributed by atoms with Gasteiger partial charge in [-0.3, -0.25) is 0 Å². The van der Waals surface area contributed by atoms with E-state index in [1.54, 1.807) is 18.2 Å². The minimum absolute atomic E-state index is 0.0469. The first-order chi connectivity index (χ1) is 7.33. The van der Waals surface area contributed by atoms with Crippen molar-refractivity contribution in [2.75, 3.05) is 26.4 Å². The SMILES string of the molecule is CN(C)C(C)(C)COc1cc(Cl)ccc1N. The average molecular weight is 243 g/mol. The molecule has 0 spiro atoms. The van der Waals surface area contributed by atoms with E-state index in [9.17, 15) is 0 Å². The zero-order valence-corrected chi connectivity index (χ0v) is 11.0. The van der Waals surface area contributed by atoms with Crippen molar-refractivity contribution in [3.05, 3.63) is 23.2 Å². The van der Waals surface area contributed by atoms with Crippen LogP contribution in [0.3, 0.4) is 0 Å². The normalized spacial score (nSPS) is 11.9. The number of rotatable bonds is 4. The Morgan fingerprint density at radius 1 is 1.38 bits per heavy atom. The Kier molecular flexibility index (Phi) is 4.05. The first-order valence-corrected chi connectivity index (χ1v) is 5.56. The van der Waals surface area contributed by atoms with Crippen LogP contribution in [0.5, 0.6) is 5.75 Å². The number of nitrogens with zero attached hydrogens (tertiary/aromatic N) is 1. The third-order valence-electron chi connectivity index (χ3n) is 2.77. The van der Waals surface area contributed by atoms with E-state index in [1.165, 1.54) is 0 Å². The number of halogens is 1. The first kappa shape index (κ1) is 13.1. The minimum atomic E-state index is -0.0469. The van der Waals surface area contributed by atoms with Gasteiger partial charge in [-0.2, -0.15) is 0 Å². The molecule has 1 rings (SSSR count). The summed E-state index contributed by atoms with van der Waals surface area (Å²) in [6.45, 7) is 4.77. The van der Waals surface area contributed by atoms with Gasteiger partial charge in [-0.15, -0.1) is 0 Å². The molecule has 2 N–H and O–H groups in total. The number of ether oxygens (including phenoxy) is 1. The van der Waals surface area contributed by atoms with Crippen molar-refractivity contribution in [3.63, 3.8) is 0 Å². The molecule has 1 aromatic carbocycles. The summed E-state index contributed by atoms with van der Waals surface area (Å²) in [4.78, 5) is 2.10. The molecule has 16 heavy (non-hydrogen) atoms. The van der Waals surface area contributed by atoms with Gasteiger partial charge in [0.2, 0.25) is 0 Å². The Bertz CT molecular complexity index is 364. The third-order valence-corrected chi connectivity index (χ3v) is 3.00. The molecule has 0 heterocycles. The molecule has 0 unspecified atom stereocenters. The van der Waals surface area contributed by atoms with E-state index in [-0.39, 0.29) is 5.54 Å². The van der Waals surface area contributed by atoms with Gasteiger partial charge in [-0.25, -0.2) is 0 Å². The summed E-state index contributed by atoms with van der Waals surface area (Å²) in [5.41, 5.74) is 6.36. The predicted octanol–water partition coefficient (Wildman–Crippen LogP) is 2.64. The first-order valence-electron chi connectivity index (χ1n) is 5.18. The molecule has 4 heteroatoms. The molecule has 0 fully saturated rings. The maximum Gasteiger partial charge on any atom is 0.143 e. The van der Waals surface area contributed by atoms with E-state index < -0.39 is 0 Å². The summed E-state index contributed by atoms with van der Waals surface area (Å²) in [7, 11) is 4.04. The summed E-state index contributed by atoms with van der Waals surface area (Å²) in [6.07, 6.45) is 0. The number of hydrogen-bond acceptors (Lipinski definition) is 3. The maximum absolute atomic E-state index is 5.88. The number of nitrogen functional groups attached to an aromatic ring is 1. The summed E-state index contributed by atoms with van der Waals surface area (Å²) in [5.74, 6) is 0.641. The lowest BCUT2D eigenvalue weighted by atomic mass is 10.1. The Labute approximate surface area is 102 Å². The van der Waals surface area contributed by atoms with Crippen molar-refractivity contribution in [1.29, 1.82) is 0 Å². The van der Waals surface area contributed by atoms with Crippen LogP contribution in [-0.2, 0) is 0 Å². The van der Waals surface area contributed by atoms with Crippen LogP contribution in [0.2, 0.25) is 5.02 Å². The Balaban J connectivity index is 2.71. The van der Waals surface area contributed by atoms with E-state index in [4.69, 9.17) is 22.1 Å². The molecule has 0 aliphatic carbocycles. The average Bonchev–Trinajstić information content (AvgIpc) is 2.19. The highest BCUT2D eigenvalue weighted by Crippen LogP contribution is 2.26. The molecule has 0 bridgehead atoms. The molecule has 90 valence electrons. The predicted molar refractivity (Wildman–Crippen MR) is 69.1 cm³/mol. The van der Waals surface area contributed by atoms with E-state index in [0.29, 0.717) is 23.1 Å². The van der Waals surface area contributed by atoms with E-state index in [2.05, 4.69) is 18.7 Å². The Hall–Kier alpha value is -0.930. The Morgan fingerprint density at radius 2 is 2.00 bits per heavy atom. The molecule has 3 nitrogen and oxygen atoms in total. The second-order valence-corrected chi connectivity index (χ2v) is 5.11. The van der Waals surface area contributed by atoms with Crippen molar-refractivity contribution in [3.8, 4) is 5.75 Å². The number of benzene rings is 1. The zero-order chi connectivity index (χ0) is 12.3. The summed E-state index contributed by atoms with van der Waals surface area (Å²) in [5, 5.41) is 0.631. The van der Waals surface area contributed by atoms with Gasteiger partial charge < -0.3 is 15.4 Å². The van der Waals surface area contributed by atoms with Crippen LogP contribution < -0.4 is 10.5 Å². The maximum atomic E-state index is 5.88. The van der Waals surface area contributed by atoms with Crippen LogP contribution in [-0.4, -0.2) is 31.1 Å². The van der Waals surface area contributed by atoms with Gasteiger partial charge in [0.25, 0.3) is 0 Å². The van der Waals surface area contributed by atoms with Gasteiger partial charge in [0.05, 0.1) is 5.69 Å². The third kappa shape index (κ3) is 3.29. The van der Waals surface area contributed by atoms with Crippen LogP contribution >= 0.6 is 11.6 Å². The smallest absolute Gasteiger partial charge is 0.143 e. The fraction of sp³-hybridized carbons (Fsp3) is 0.500. The van der Waals surface area contributed by atoms with Crippen LogP contribution in [0.1, 0.15) is 13.8 Å². The lowest BCUT2D eigenvalue weighted by molar-refractivity contribution is 0.114. The monoisotopic (exact) mass is 242 g/mol. The minimum Gasteiger partial charge on any atom is -0.489 e. The van der Waals surface area contributed by atoms with Crippen molar-refractivity contribution in [2.45, 2.75) is 19.4 Å².